The number of aliphatic hydroxyl groups is 1. The minimum Gasteiger partial charge on any atom is -0.390 e. The minimum atomic E-state index is -0.799. The summed E-state index contributed by atoms with van der Waals surface area (Å²) in [4.78, 5) is 39.9. The van der Waals surface area contributed by atoms with E-state index >= 15 is 0 Å². The molecule has 2 amide bonds. The van der Waals surface area contributed by atoms with Gasteiger partial charge in [-0.3, -0.25) is 19.3 Å². The Balaban J connectivity index is 1.40. The summed E-state index contributed by atoms with van der Waals surface area (Å²) >= 11 is 0. The smallest absolute Gasteiger partial charge is 0.233 e. The summed E-state index contributed by atoms with van der Waals surface area (Å²) in [5.74, 6) is -1.43. The largest absolute Gasteiger partial charge is 0.390 e. The number of likely N-dealkylation sites (tertiary alicyclic amines) is 1. The number of fused-ring (bicyclic) bond motifs is 4. The highest BCUT2D eigenvalue weighted by Gasteiger charge is 2.67. The lowest BCUT2D eigenvalue weighted by atomic mass is 9.61. The van der Waals surface area contributed by atoms with E-state index in [0.717, 1.165) is 12.8 Å². The third kappa shape index (κ3) is 2.26. The summed E-state index contributed by atoms with van der Waals surface area (Å²) in [5, 5.41) is 10.6. The van der Waals surface area contributed by atoms with Crippen LogP contribution in [0.5, 0.6) is 0 Å². The van der Waals surface area contributed by atoms with Gasteiger partial charge < -0.3 is 9.84 Å². The molecular formula is C19H25NO5. The van der Waals surface area contributed by atoms with Crippen LogP contribution in [-0.2, 0) is 19.1 Å². The fourth-order valence-corrected chi connectivity index (χ4v) is 5.98. The molecular weight excluding hydrogens is 322 g/mol. The molecule has 0 bridgehead atoms. The van der Waals surface area contributed by atoms with Crippen molar-refractivity contribution >= 4 is 17.6 Å². The van der Waals surface area contributed by atoms with Crippen molar-refractivity contribution in [3.63, 3.8) is 0 Å². The van der Waals surface area contributed by atoms with Crippen LogP contribution in [0.15, 0.2) is 0 Å². The number of rotatable bonds is 2. The maximum atomic E-state index is 13.1. The number of amides is 2. The van der Waals surface area contributed by atoms with Crippen molar-refractivity contribution in [3.8, 4) is 0 Å². The van der Waals surface area contributed by atoms with E-state index in [-0.39, 0.29) is 29.4 Å². The third-order valence-electron chi connectivity index (χ3n) is 7.30. The van der Waals surface area contributed by atoms with Crippen LogP contribution in [-0.4, -0.2) is 52.5 Å². The molecule has 6 nitrogen and oxygen atoms in total. The van der Waals surface area contributed by atoms with Crippen molar-refractivity contribution < 1.29 is 24.2 Å². The first-order chi connectivity index (χ1) is 12.1. The van der Waals surface area contributed by atoms with Crippen LogP contribution in [0.4, 0.5) is 0 Å². The molecule has 0 spiro atoms. The molecule has 2 aliphatic heterocycles. The van der Waals surface area contributed by atoms with Crippen LogP contribution < -0.4 is 0 Å². The van der Waals surface area contributed by atoms with Gasteiger partial charge in [-0.1, -0.05) is 19.3 Å². The van der Waals surface area contributed by atoms with Crippen molar-refractivity contribution in [1.82, 2.24) is 4.90 Å². The number of Topliss-reactive ketones (excluding diaryl/α,β-unsaturated/α-hetero) is 1. The molecule has 7 atom stereocenters. The average molecular weight is 347 g/mol. The van der Waals surface area contributed by atoms with Crippen molar-refractivity contribution in [2.24, 2.45) is 29.6 Å². The van der Waals surface area contributed by atoms with Gasteiger partial charge in [0.1, 0.15) is 12.2 Å². The van der Waals surface area contributed by atoms with Gasteiger partial charge in [-0.15, -0.1) is 0 Å². The highest BCUT2D eigenvalue weighted by Crippen LogP contribution is 2.53. The Hall–Kier alpha value is -1.27. The number of hydrogen-bond acceptors (Lipinski definition) is 5. The highest BCUT2D eigenvalue weighted by atomic mass is 16.6. The number of hydrogen-bond donors (Lipinski definition) is 1. The number of ketones is 1. The first-order valence-corrected chi connectivity index (χ1v) is 9.80. The Labute approximate surface area is 146 Å². The Morgan fingerprint density at radius 2 is 1.68 bits per heavy atom. The number of epoxide rings is 1. The molecule has 0 unspecified atom stereocenters. The molecule has 5 rings (SSSR count). The van der Waals surface area contributed by atoms with Crippen LogP contribution in [0.25, 0.3) is 0 Å². The number of nitrogens with zero attached hydrogens (tertiary/aromatic N) is 1. The van der Waals surface area contributed by atoms with E-state index in [1.165, 1.54) is 24.2 Å². The molecule has 136 valence electrons. The first kappa shape index (κ1) is 15.9. The van der Waals surface area contributed by atoms with E-state index < -0.39 is 30.1 Å². The molecule has 0 aromatic rings. The van der Waals surface area contributed by atoms with Gasteiger partial charge in [-0.05, 0) is 31.6 Å². The van der Waals surface area contributed by atoms with E-state index in [2.05, 4.69) is 0 Å². The highest BCUT2D eigenvalue weighted by molar-refractivity contribution is 6.06. The molecule has 2 heterocycles. The predicted molar refractivity (Wildman–Crippen MR) is 86.2 cm³/mol. The van der Waals surface area contributed by atoms with Gasteiger partial charge in [-0.25, -0.2) is 0 Å². The van der Waals surface area contributed by atoms with E-state index in [0.29, 0.717) is 25.3 Å². The zero-order valence-corrected chi connectivity index (χ0v) is 14.3. The molecule has 0 radical (unpaired) electrons. The zero-order chi connectivity index (χ0) is 17.3. The lowest BCUT2D eigenvalue weighted by Crippen LogP contribution is -2.52. The fourth-order valence-electron chi connectivity index (χ4n) is 5.98. The maximum Gasteiger partial charge on any atom is 0.233 e. The van der Waals surface area contributed by atoms with Crippen molar-refractivity contribution in [2.45, 2.75) is 63.3 Å². The van der Waals surface area contributed by atoms with Gasteiger partial charge in [0.05, 0.1) is 17.9 Å². The monoisotopic (exact) mass is 347 g/mol. The average Bonchev–Trinajstić information content (AvgIpc) is 3.40. The van der Waals surface area contributed by atoms with Crippen LogP contribution in [0.3, 0.4) is 0 Å². The van der Waals surface area contributed by atoms with Gasteiger partial charge in [0.15, 0.2) is 5.78 Å². The van der Waals surface area contributed by atoms with Crippen molar-refractivity contribution in [3.05, 3.63) is 0 Å². The van der Waals surface area contributed by atoms with E-state index in [1.54, 1.807) is 0 Å². The lowest BCUT2D eigenvalue weighted by molar-refractivity contribution is -0.143. The summed E-state index contributed by atoms with van der Waals surface area (Å²) in [7, 11) is 0. The van der Waals surface area contributed by atoms with Crippen LogP contribution in [0.2, 0.25) is 0 Å². The number of carbonyl (C=O) groups excluding carboxylic acids is 3. The lowest BCUT2D eigenvalue weighted by Gasteiger charge is -2.40. The maximum absolute atomic E-state index is 13.1. The summed E-state index contributed by atoms with van der Waals surface area (Å²) in [6.07, 6.45) is 5.18. The first-order valence-electron chi connectivity index (χ1n) is 9.80. The summed E-state index contributed by atoms with van der Waals surface area (Å²) < 4.78 is 5.34. The Morgan fingerprint density at radius 1 is 0.960 bits per heavy atom. The quantitative estimate of drug-likeness (QED) is 0.592. The van der Waals surface area contributed by atoms with Crippen LogP contribution in [0.1, 0.15) is 44.9 Å². The number of carbonyl (C=O) groups is 3. The van der Waals surface area contributed by atoms with Gasteiger partial charge in [0.25, 0.3) is 0 Å². The molecule has 1 N–H and O–H groups in total. The SMILES string of the molecule is O=C1[C@H]2O[C@H]2[C@@H](O)[C@H]2[C@H]3C(=O)N(CC4CCCCC4)C(=O)[C@H]3CC[C@@H]12. The zero-order valence-electron chi connectivity index (χ0n) is 14.3. The third-order valence-corrected chi connectivity index (χ3v) is 7.30. The second-order valence-corrected chi connectivity index (χ2v) is 8.60. The molecule has 2 saturated heterocycles. The molecule has 0 aromatic heterocycles. The van der Waals surface area contributed by atoms with E-state index in [1.807, 2.05) is 0 Å². The predicted octanol–water partition coefficient (Wildman–Crippen LogP) is 0.905. The van der Waals surface area contributed by atoms with Gasteiger partial charge in [0, 0.05) is 18.4 Å². The van der Waals surface area contributed by atoms with Crippen molar-refractivity contribution in [1.29, 1.82) is 0 Å². The minimum absolute atomic E-state index is 0.0322. The summed E-state index contributed by atoms with van der Waals surface area (Å²) in [6.45, 7) is 0.522. The number of aliphatic hydroxyl groups excluding tert-OH is 1. The molecule has 3 saturated carbocycles. The molecule has 5 fully saturated rings. The van der Waals surface area contributed by atoms with Crippen molar-refractivity contribution in [2.75, 3.05) is 6.54 Å². The summed E-state index contributed by atoms with van der Waals surface area (Å²) in [6, 6.07) is 0. The van der Waals surface area contributed by atoms with Gasteiger partial charge in [0.2, 0.25) is 11.8 Å². The van der Waals surface area contributed by atoms with Gasteiger partial charge >= 0.3 is 0 Å². The molecule has 25 heavy (non-hydrogen) atoms. The standard InChI is InChI=1S/C19H25NO5/c21-14-10-6-7-11-13(12(10)15(22)17-16(14)25-17)19(24)20(18(11)23)8-9-4-2-1-3-5-9/h9-13,15-17,22H,1-8H2/t10-,11+,12-,13+,15+,16-,17+/m1/s1. The molecule has 0 aromatic carbocycles. The van der Waals surface area contributed by atoms with E-state index in [9.17, 15) is 19.5 Å². The second kappa shape index (κ2) is 5.61. The Morgan fingerprint density at radius 3 is 2.44 bits per heavy atom. The number of ether oxygens (including phenoxy) is 1. The van der Waals surface area contributed by atoms with E-state index in [4.69, 9.17) is 4.74 Å². The van der Waals surface area contributed by atoms with Crippen LogP contribution in [0, 0.1) is 29.6 Å². The molecule has 3 aliphatic carbocycles. The molecule has 5 aliphatic rings. The molecule has 6 heteroatoms. The number of imide groups is 1. The topological polar surface area (TPSA) is 87.2 Å². The Kier molecular flexibility index (Phi) is 3.58. The van der Waals surface area contributed by atoms with Crippen LogP contribution >= 0.6 is 0 Å². The second-order valence-electron chi connectivity index (χ2n) is 8.60. The van der Waals surface area contributed by atoms with Gasteiger partial charge in [-0.2, -0.15) is 0 Å². The normalized spacial score (nSPS) is 46.7. The Bertz CT molecular complexity index is 627. The fraction of sp³-hybridized carbons (Fsp3) is 0.842. The summed E-state index contributed by atoms with van der Waals surface area (Å²) in [5.41, 5.74) is 0.